The van der Waals surface area contributed by atoms with Crippen LogP contribution in [0.5, 0.6) is 0 Å². The Morgan fingerprint density at radius 1 is 0.947 bits per heavy atom. The zero-order valence-electron chi connectivity index (χ0n) is 10.1. The van der Waals surface area contributed by atoms with Gasteiger partial charge in [-0.3, -0.25) is 0 Å². The van der Waals surface area contributed by atoms with Crippen LogP contribution in [0.25, 0.3) is 0 Å². The Kier molecular flexibility index (Phi) is 6.36. The first-order valence-corrected chi connectivity index (χ1v) is 5.10. The summed E-state index contributed by atoms with van der Waals surface area (Å²) in [6.45, 7) is 3.03. The van der Waals surface area contributed by atoms with Crippen molar-refractivity contribution >= 4 is 11.9 Å². The highest BCUT2D eigenvalue weighted by Gasteiger charge is 2.57. The van der Waals surface area contributed by atoms with Gasteiger partial charge in [-0.25, -0.2) is 9.59 Å². The van der Waals surface area contributed by atoms with E-state index in [1.807, 2.05) is 0 Å². The minimum Gasteiger partial charge on any atom is -0.395 e. The van der Waals surface area contributed by atoms with Crippen LogP contribution < -0.4 is 0 Å². The van der Waals surface area contributed by atoms with Gasteiger partial charge in [-0.15, -0.1) is 0 Å². The zero-order valence-corrected chi connectivity index (χ0v) is 10.1. The molecule has 0 aromatic heterocycles. The van der Waals surface area contributed by atoms with Gasteiger partial charge in [0.25, 0.3) is 0 Å². The molecule has 0 aliphatic heterocycles. The summed E-state index contributed by atoms with van der Waals surface area (Å²) in [5, 5.41) is 37.6. The average Bonchev–Trinajstić information content (AvgIpc) is 2.40. The van der Waals surface area contributed by atoms with Crippen LogP contribution in [-0.4, -0.2) is 58.2 Å². The van der Waals surface area contributed by atoms with Crippen molar-refractivity contribution in [3.05, 3.63) is 25.3 Å². The van der Waals surface area contributed by atoms with Crippen molar-refractivity contribution in [3.8, 4) is 0 Å². The molecule has 0 amide bonds. The summed E-state index contributed by atoms with van der Waals surface area (Å²) in [5.74, 6) is -5.47. The van der Waals surface area contributed by atoms with E-state index in [9.17, 15) is 14.7 Å². The van der Waals surface area contributed by atoms with Crippen molar-refractivity contribution in [2.75, 3.05) is 19.8 Å². The second kappa shape index (κ2) is 7.00. The van der Waals surface area contributed by atoms with Crippen molar-refractivity contribution in [2.45, 2.75) is 5.97 Å². The first kappa shape index (κ1) is 17.3. The molecule has 0 aliphatic rings. The molecule has 8 heteroatoms. The van der Waals surface area contributed by atoms with Gasteiger partial charge in [0.2, 0.25) is 0 Å². The third kappa shape index (κ3) is 3.61. The van der Waals surface area contributed by atoms with E-state index in [2.05, 4.69) is 22.6 Å². The minimum absolute atomic E-state index is 0.656. The number of rotatable bonds is 8. The maximum Gasteiger partial charge on any atom is 0.386 e. The number of aliphatic hydroxyl groups is 4. The Morgan fingerprint density at radius 3 is 1.47 bits per heavy atom. The molecule has 0 rings (SSSR count). The average molecular weight is 276 g/mol. The molecule has 8 nitrogen and oxygen atoms in total. The molecular weight excluding hydrogens is 260 g/mol. The number of ether oxygens (including phenoxy) is 2. The molecule has 0 aliphatic carbocycles. The number of hydrogen-bond acceptors (Lipinski definition) is 8. The van der Waals surface area contributed by atoms with E-state index in [4.69, 9.17) is 15.3 Å². The fraction of sp³-hybridized carbons (Fsp3) is 0.455. The molecule has 108 valence electrons. The quantitative estimate of drug-likeness (QED) is 0.228. The van der Waals surface area contributed by atoms with Gasteiger partial charge in [0, 0.05) is 12.2 Å². The van der Waals surface area contributed by atoms with Crippen molar-refractivity contribution < 1.29 is 39.5 Å². The summed E-state index contributed by atoms with van der Waals surface area (Å²) in [6.07, 6.45) is 1.31. The van der Waals surface area contributed by atoms with Crippen LogP contribution >= 0.6 is 0 Å². The van der Waals surface area contributed by atoms with Crippen molar-refractivity contribution in [3.63, 3.8) is 0 Å². The Morgan fingerprint density at radius 2 is 1.26 bits per heavy atom. The summed E-state index contributed by atoms with van der Waals surface area (Å²) in [6, 6.07) is 0. The van der Waals surface area contributed by atoms with Gasteiger partial charge in [0.05, 0.1) is 19.8 Å². The van der Waals surface area contributed by atoms with E-state index in [0.717, 1.165) is 0 Å². The lowest BCUT2D eigenvalue weighted by atomic mass is 9.87. The van der Waals surface area contributed by atoms with Crippen molar-refractivity contribution in [2.24, 2.45) is 5.41 Å². The van der Waals surface area contributed by atoms with Crippen molar-refractivity contribution in [1.82, 2.24) is 0 Å². The molecule has 0 aromatic rings. The molecule has 0 saturated heterocycles. The first-order chi connectivity index (χ1) is 8.84. The van der Waals surface area contributed by atoms with Gasteiger partial charge in [-0.05, 0) is 0 Å². The molecule has 4 N–H and O–H groups in total. The molecule has 19 heavy (non-hydrogen) atoms. The molecule has 0 heterocycles. The predicted octanol–water partition coefficient (Wildman–Crippen LogP) is -1.95. The highest BCUT2D eigenvalue weighted by molar-refractivity contribution is 5.83. The summed E-state index contributed by atoms with van der Waals surface area (Å²) in [7, 11) is 0. The normalized spacial score (nSPS) is 11.6. The molecule has 0 unspecified atom stereocenters. The third-order valence-electron chi connectivity index (χ3n) is 2.39. The van der Waals surface area contributed by atoms with E-state index in [1.165, 1.54) is 0 Å². The molecule has 0 atom stereocenters. The summed E-state index contributed by atoms with van der Waals surface area (Å²) in [5.41, 5.74) is -2.22. The van der Waals surface area contributed by atoms with E-state index in [1.54, 1.807) is 0 Å². The number of aliphatic hydroxyl groups excluding tert-OH is 3. The van der Waals surface area contributed by atoms with Gasteiger partial charge in [-0.2, -0.15) is 0 Å². The number of esters is 2. The lowest BCUT2D eigenvalue weighted by Gasteiger charge is -2.40. The molecule has 0 radical (unpaired) electrons. The van der Waals surface area contributed by atoms with Gasteiger partial charge in [0.1, 0.15) is 5.41 Å². The number of carbonyl (C=O) groups excluding carboxylic acids is 2. The van der Waals surface area contributed by atoms with Gasteiger partial charge < -0.3 is 29.9 Å². The van der Waals surface area contributed by atoms with Gasteiger partial charge in [-0.1, -0.05) is 13.2 Å². The predicted molar refractivity (Wildman–Crippen MR) is 61.2 cm³/mol. The lowest BCUT2D eigenvalue weighted by Crippen LogP contribution is -2.60. The van der Waals surface area contributed by atoms with Crippen molar-refractivity contribution in [1.29, 1.82) is 0 Å². The molecule has 0 spiro atoms. The Balaban J connectivity index is 5.56. The summed E-state index contributed by atoms with van der Waals surface area (Å²) < 4.78 is 8.85. The molecule has 0 saturated carbocycles. The van der Waals surface area contributed by atoms with Crippen LogP contribution in [-0.2, 0) is 19.1 Å². The monoisotopic (exact) mass is 276 g/mol. The van der Waals surface area contributed by atoms with Gasteiger partial charge in [0.15, 0.2) is 0 Å². The largest absolute Gasteiger partial charge is 0.395 e. The van der Waals surface area contributed by atoms with E-state index >= 15 is 0 Å². The van der Waals surface area contributed by atoms with Crippen LogP contribution in [0.2, 0.25) is 0 Å². The fourth-order valence-corrected chi connectivity index (χ4v) is 1.04. The Hall–Kier alpha value is -1.74. The zero-order chi connectivity index (χ0) is 15.1. The smallest absolute Gasteiger partial charge is 0.386 e. The topological polar surface area (TPSA) is 134 Å². The summed E-state index contributed by atoms with van der Waals surface area (Å²) in [4.78, 5) is 22.3. The fourth-order valence-electron chi connectivity index (χ4n) is 1.04. The van der Waals surface area contributed by atoms with Crippen LogP contribution in [0.3, 0.4) is 0 Å². The van der Waals surface area contributed by atoms with Crippen LogP contribution in [0.15, 0.2) is 25.3 Å². The number of carbonyl (C=O) groups is 2. The SMILES string of the molecule is C=CC(=O)OC(O)(OC(=O)C=C)C(CO)(CO)CO. The first-order valence-electron chi connectivity index (χ1n) is 5.10. The third-order valence-corrected chi connectivity index (χ3v) is 2.39. The molecule has 0 aromatic carbocycles. The Labute approximate surface area is 109 Å². The maximum absolute atomic E-state index is 11.1. The van der Waals surface area contributed by atoms with Crippen LogP contribution in [0.4, 0.5) is 0 Å². The minimum atomic E-state index is -3.08. The van der Waals surface area contributed by atoms with E-state index in [-0.39, 0.29) is 0 Å². The molecular formula is C11H16O8. The maximum atomic E-state index is 11.1. The Bertz CT molecular complexity index is 327. The summed E-state index contributed by atoms with van der Waals surface area (Å²) >= 11 is 0. The van der Waals surface area contributed by atoms with E-state index in [0.29, 0.717) is 12.2 Å². The van der Waals surface area contributed by atoms with Crippen LogP contribution in [0.1, 0.15) is 0 Å². The van der Waals surface area contributed by atoms with Gasteiger partial charge >= 0.3 is 17.9 Å². The highest BCUT2D eigenvalue weighted by Crippen LogP contribution is 2.33. The number of hydrogen-bond donors (Lipinski definition) is 4. The second-order valence-corrected chi connectivity index (χ2v) is 3.59. The molecule has 0 fully saturated rings. The highest BCUT2D eigenvalue weighted by atomic mass is 16.8. The standard InChI is InChI=1S/C11H16O8/c1-3-8(15)18-11(17,19-9(16)4-2)10(5-12,6-13)7-14/h3-4,12-14,17H,1-2,5-7H2. The van der Waals surface area contributed by atoms with E-state index < -0.39 is 43.1 Å². The molecule has 0 bridgehead atoms. The lowest BCUT2D eigenvalue weighted by molar-refractivity contribution is -0.388. The second-order valence-electron chi connectivity index (χ2n) is 3.59. The van der Waals surface area contributed by atoms with Crippen LogP contribution in [0, 0.1) is 5.41 Å².